The van der Waals surface area contributed by atoms with Crippen molar-refractivity contribution in [1.29, 1.82) is 0 Å². The summed E-state index contributed by atoms with van der Waals surface area (Å²) in [5.74, 6) is 1.60. The van der Waals surface area contributed by atoms with Crippen molar-refractivity contribution < 1.29 is 9.53 Å². The van der Waals surface area contributed by atoms with Gasteiger partial charge in [-0.05, 0) is 43.3 Å². The van der Waals surface area contributed by atoms with E-state index in [1.807, 2.05) is 31.2 Å². The smallest absolute Gasteiger partial charge is 0.251 e. The summed E-state index contributed by atoms with van der Waals surface area (Å²) in [5, 5.41) is 2.94. The number of hydrogen-bond acceptors (Lipinski definition) is 3. The number of imidazole rings is 1. The van der Waals surface area contributed by atoms with Gasteiger partial charge < -0.3 is 14.6 Å². The molecule has 0 saturated carbocycles. The summed E-state index contributed by atoms with van der Waals surface area (Å²) in [7, 11) is 1.60. The van der Waals surface area contributed by atoms with Crippen LogP contribution in [0.15, 0.2) is 48.5 Å². The van der Waals surface area contributed by atoms with Gasteiger partial charge in [-0.25, -0.2) is 4.98 Å². The van der Waals surface area contributed by atoms with Crippen molar-refractivity contribution in [3.05, 3.63) is 59.9 Å². The number of methoxy groups -OCH3 is 1. The number of carbonyl (C=O) groups is 1. The van der Waals surface area contributed by atoms with Gasteiger partial charge in [-0.3, -0.25) is 4.79 Å². The molecule has 1 aromatic heterocycles. The molecule has 0 atom stereocenters. The zero-order valence-electron chi connectivity index (χ0n) is 13.2. The minimum atomic E-state index is -0.0882. The molecule has 3 aromatic rings. The minimum Gasteiger partial charge on any atom is -0.497 e. The van der Waals surface area contributed by atoms with Crippen molar-refractivity contribution >= 4 is 16.9 Å². The van der Waals surface area contributed by atoms with Gasteiger partial charge in [0.2, 0.25) is 0 Å². The third-order valence-corrected chi connectivity index (χ3v) is 3.82. The van der Waals surface area contributed by atoms with Crippen molar-refractivity contribution in [2.45, 2.75) is 13.5 Å². The summed E-state index contributed by atoms with van der Waals surface area (Å²) in [5.41, 5.74) is 2.69. The van der Waals surface area contributed by atoms with Gasteiger partial charge in [0.05, 0.1) is 18.1 Å². The van der Waals surface area contributed by atoms with E-state index in [-0.39, 0.29) is 5.91 Å². The minimum absolute atomic E-state index is 0.0882. The van der Waals surface area contributed by atoms with E-state index >= 15 is 0 Å². The van der Waals surface area contributed by atoms with Crippen LogP contribution in [0.3, 0.4) is 0 Å². The van der Waals surface area contributed by atoms with E-state index in [9.17, 15) is 4.79 Å². The predicted octanol–water partition coefficient (Wildman–Crippen LogP) is 2.78. The van der Waals surface area contributed by atoms with Crippen LogP contribution in [0.4, 0.5) is 0 Å². The van der Waals surface area contributed by atoms with Crippen LogP contribution in [0.5, 0.6) is 5.75 Å². The van der Waals surface area contributed by atoms with E-state index < -0.39 is 0 Å². The van der Waals surface area contributed by atoms with Crippen LogP contribution in [0, 0.1) is 6.92 Å². The third-order valence-electron chi connectivity index (χ3n) is 3.82. The summed E-state index contributed by atoms with van der Waals surface area (Å²) < 4.78 is 7.21. The van der Waals surface area contributed by atoms with Gasteiger partial charge in [-0.15, -0.1) is 0 Å². The second-order valence-corrected chi connectivity index (χ2v) is 5.28. The van der Waals surface area contributed by atoms with Gasteiger partial charge in [0.15, 0.2) is 0 Å². The lowest BCUT2D eigenvalue weighted by Crippen LogP contribution is -2.27. The monoisotopic (exact) mass is 309 g/mol. The second-order valence-electron chi connectivity index (χ2n) is 5.28. The molecule has 0 unspecified atom stereocenters. The molecule has 1 N–H and O–H groups in total. The molecular formula is C18H19N3O2. The molecule has 0 aliphatic heterocycles. The number of fused-ring (bicyclic) bond motifs is 1. The fourth-order valence-corrected chi connectivity index (χ4v) is 2.60. The van der Waals surface area contributed by atoms with Crippen molar-refractivity contribution in [2.24, 2.45) is 0 Å². The standard InChI is InChI=1S/C18H19N3O2/c1-13-20-16-5-3-4-6-17(16)21(13)12-11-19-18(22)14-7-9-15(23-2)10-8-14/h3-10H,11-12H2,1-2H3,(H,19,22). The Labute approximate surface area is 134 Å². The molecule has 1 heterocycles. The summed E-state index contributed by atoms with van der Waals surface area (Å²) in [4.78, 5) is 16.7. The lowest BCUT2D eigenvalue weighted by Gasteiger charge is -2.09. The zero-order valence-corrected chi connectivity index (χ0v) is 13.2. The van der Waals surface area contributed by atoms with E-state index in [2.05, 4.69) is 14.9 Å². The predicted molar refractivity (Wildman–Crippen MR) is 89.8 cm³/mol. The van der Waals surface area contributed by atoms with Crippen LogP contribution in [0.2, 0.25) is 0 Å². The number of aromatic nitrogens is 2. The summed E-state index contributed by atoms with van der Waals surface area (Å²) in [6.07, 6.45) is 0. The highest BCUT2D eigenvalue weighted by Crippen LogP contribution is 2.15. The van der Waals surface area contributed by atoms with E-state index in [0.29, 0.717) is 18.7 Å². The Hall–Kier alpha value is -2.82. The largest absolute Gasteiger partial charge is 0.497 e. The number of aryl methyl sites for hydroxylation is 1. The molecule has 2 aromatic carbocycles. The number of rotatable bonds is 5. The first-order valence-electron chi connectivity index (χ1n) is 7.53. The topological polar surface area (TPSA) is 56.1 Å². The maximum atomic E-state index is 12.1. The Morgan fingerprint density at radius 2 is 1.91 bits per heavy atom. The fraction of sp³-hybridized carbons (Fsp3) is 0.222. The molecule has 0 saturated heterocycles. The van der Waals surface area contributed by atoms with Crippen LogP contribution in [-0.4, -0.2) is 29.1 Å². The molecule has 0 spiro atoms. The number of carbonyl (C=O) groups excluding carboxylic acids is 1. The first kappa shape index (κ1) is 15.1. The van der Waals surface area contributed by atoms with E-state index in [0.717, 1.165) is 22.6 Å². The Morgan fingerprint density at radius 1 is 1.17 bits per heavy atom. The van der Waals surface area contributed by atoms with Crippen LogP contribution >= 0.6 is 0 Å². The van der Waals surface area contributed by atoms with E-state index in [1.54, 1.807) is 31.4 Å². The molecule has 3 rings (SSSR count). The normalized spacial score (nSPS) is 10.7. The fourth-order valence-electron chi connectivity index (χ4n) is 2.60. The Morgan fingerprint density at radius 3 is 2.65 bits per heavy atom. The van der Waals surface area contributed by atoms with Gasteiger partial charge >= 0.3 is 0 Å². The summed E-state index contributed by atoms with van der Waals surface area (Å²) in [6, 6.07) is 15.1. The number of benzene rings is 2. The van der Waals surface area contributed by atoms with Crippen molar-refractivity contribution in [2.75, 3.05) is 13.7 Å². The van der Waals surface area contributed by atoms with Crippen LogP contribution in [0.25, 0.3) is 11.0 Å². The highest BCUT2D eigenvalue weighted by molar-refractivity contribution is 5.94. The molecule has 23 heavy (non-hydrogen) atoms. The van der Waals surface area contributed by atoms with Crippen molar-refractivity contribution in [3.63, 3.8) is 0 Å². The van der Waals surface area contributed by atoms with E-state index in [1.165, 1.54) is 0 Å². The molecule has 5 heteroatoms. The quantitative estimate of drug-likeness (QED) is 0.788. The number of hydrogen-bond donors (Lipinski definition) is 1. The zero-order chi connectivity index (χ0) is 16.2. The molecule has 5 nitrogen and oxygen atoms in total. The highest BCUT2D eigenvalue weighted by atomic mass is 16.5. The molecule has 0 aliphatic carbocycles. The highest BCUT2D eigenvalue weighted by Gasteiger charge is 2.08. The molecule has 0 fully saturated rings. The van der Waals surface area contributed by atoms with Crippen LogP contribution in [-0.2, 0) is 6.54 Å². The molecule has 118 valence electrons. The van der Waals surface area contributed by atoms with E-state index in [4.69, 9.17) is 4.74 Å². The van der Waals surface area contributed by atoms with Gasteiger partial charge in [0, 0.05) is 18.7 Å². The molecule has 0 bridgehead atoms. The third kappa shape index (κ3) is 3.18. The Balaban J connectivity index is 1.64. The number of para-hydroxylation sites is 2. The Bertz CT molecular complexity index is 822. The number of amides is 1. The second kappa shape index (κ2) is 6.52. The summed E-state index contributed by atoms with van der Waals surface area (Å²) >= 11 is 0. The first-order chi connectivity index (χ1) is 11.2. The van der Waals surface area contributed by atoms with Crippen LogP contribution in [0.1, 0.15) is 16.2 Å². The summed E-state index contributed by atoms with van der Waals surface area (Å²) in [6.45, 7) is 3.21. The molecular weight excluding hydrogens is 290 g/mol. The van der Waals surface area contributed by atoms with Gasteiger partial charge in [-0.2, -0.15) is 0 Å². The van der Waals surface area contributed by atoms with Gasteiger partial charge in [-0.1, -0.05) is 12.1 Å². The average molecular weight is 309 g/mol. The first-order valence-corrected chi connectivity index (χ1v) is 7.53. The maximum Gasteiger partial charge on any atom is 0.251 e. The van der Waals surface area contributed by atoms with Crippen LogP contribution < -0.4 is 10.1 Å². The lowest BCUT2D eigenvalue weighted by atomic mass is 10.2. The van der Waals surface area contributed by atoms with Crippen molar-refractivity contribution in [1.82, 2.24) is 14.9 Å². The van der Waals surface area contributed by atoms with Gasteiger partial charge in [0.25, 0.3) is 5.91 Å². The molecule has 0 aliphatic rings. The number of nitrogens with zero attached hydrogens (tertiary/aromatic N) is 2. The van der Waals surface area contributed by atoms with Crippen molar-refractivity contribution in [3.8, 4) is 5.75 Å². The molecule has 0 radical (unpaired) electrons. The lowest BCUT2D eigenvalue weighted by molar-refractivity contribution is 0.0952. The number of nitrogens with one attached hydrogen (secondary N) is 1. The number of ether oxygens (including phenoxy) is 1. The molecule has 1 amide bonds. The average Bonchev–Trinajstić information content (AvgIpc) is 2.90. The maximum absolute atomic E-state index is 12.1. The SMILES string of the molecule is COc1ccc(C(=O)NCCn2c(C)nc3ccccc32)cc1. The Kier molecular flexibility index (Phi) is 4.28. The van der Waals surface area contributed by atoms with Gasteiger partial charge in [0.1, 0.15) is 11.6 Å².